The normalized spacial score (nSPS) is 15.3. The summed E-state index contributed by atoms with van der Waals surface area (Å²) in [6.45, 7) is 3.60. The summed E-state index contributed by atoms with van der Waals surface area (Å²) in [5.41, 5.74) is 0.710. The lowest BCUT2D eigenvalue weighted by Crippen LogP contribution is -2.44. The standard InChI is InChI=1S/C14H17ClN4O2/c1-20-11-8-9(15)7-10-12(11)17-14(21-2)18-13(10)19-5-3-16-4-6-19/h7-8,16H,3-6H2,1-2H3. The van der Waals surface area contributed by atoms with Gasteiger partial charge < -0.3 is 19.7 Å². The first-order valence-corrected chi connectivity index (χ1v) is 7.15. The van der Waals surface area contributed by atoms with Crippen LogP contribution in [0.2, 0.25) is 5.02 Å². The molecule has 2 heterocycles. The Morgan fingerprint density at radius 1 is 1.14 bits per heavy atom. The summed E-state index contributed by atoms with van der Waals surface area (Å²) >= 11 is 6.19. The summed E-state index contributed by atoms with van der Waals surface area (Å²) in [5, 5.41) is 4.81. The molecule has 21 heavy (non-hydrogen) atoms. The second-order valence-electron chi connectivity index (χ2n) is 4.78. The number of halogens is 1. The van der Waals surface area contributed by atoms with Gasteiger partial charge in [0.2, 0.25) is 0 Å². The summed E-state index contributed by atoms with van der Waals surface area (Å²) in [7, 11) is 3.16. The monoisotopic (exact) mass is 308 g/mol. The van der Waals surface area contributed by atoms with Crippen LogP contribution in [0.25, 0.3) is 10.9 Å². The fraction of sp³-hybridized carbons (Fsp3) is 0.429. The van der Waals surface area contributed by atoms with Gasteiger partial charge >= 0.3 is 6.01 Å². The number of aromatic nitrogens is 2. The van der Waals surface area contributed by atoms with Crippen LogP contribution in [0.15, 0.2) is 12.1 Å². The van der Waals surface area contributed by atoms with E-state index >= 15 is 0 Å². The van der Waals surface area contributed by atoms with Crippen molar-refractivity contribution in [1.82, 2.24) is 15.3 Å². The van der Waals surface area contributed by atoms with Gasteiger partial charge in [0.1, 0.15) is 17.1 Å². The second kappa shape index (κ2) is 5.91. The van der Waals surface area contributed by atoms with Gasteiger partial charge in [0.25, 0.3) is 0 Å². The number of methoxy groups -OCH3 is 2. The van der Waals surface area contributed by atoms with Crippen molar-refractivity contribution >= 4 is 28.3 Å². The zero-order valence-corrected chi connectivity index (χ0v) is 12.8. The smallest absolute Gasteiger partial charge is 0.318 e. The average Bonchev–Trinajstić information content (AvgIpc) is 2.54. The van der Waals surface area contributed by atoms with Crippen LogP contribution in [-0.4, -0.2) is 50.4 Å². The van der Waals surface area contributed by atoms with Crippen molar-refractivity contribution in [3.8, 4) is 11.8 Å². The van der Waals surface area contributed by atoms with Crippen molar-refractivity contribution in [2.75, 3.05) is 45.3 Å². The highest BCUT2D eigenvalue weighted by Crippen LogP contribution is 2.34. The number of nitrogens with zero attached hydrogens (tertiary/aromatic N) is 3. The Hall–Kier alpha value is -1.79. The summed E-state index contributed by atoms with van der Waals surface area (Å²) < 4.78 is 10.6. The topological polar surface area (TPSA) is 59.5 Å². The Balaban J connectivity index is 2.22. The maximum absolute atomic E-state index is 6.19. The van der Waals surface area contributed by atoms with E-state index < -0.39 is 0 Å². The van der Waals surface area contributed by atoms with Crippen molar-refractivity contribution in [2.24, 2.45) is 0 Å². The summed E-state index contributed by atoms with van der Waals surface area (Å²) in [6, 6.07) is 3.95. The zero-order chi connectivity index (χ0) is 14.8. The second-order valence-corrected chi connectivity index (χ2v) is 5.21. The Labute approximate surface area is 128 Å². The zero-order valence-electron chi connectivity index (χ0n) is 12.0. The number of benzene rings is 1. The Morgan fingerprint density at radius 3 is 2.57 bits per heavy atom. The molecule has 1 aliphatic rings. The molecule has 1 aromatic heterocycles. The van der Waals surface area contributed by atoms with Gasteiger partial charge in [0.15, 0.2) is 0 Å². The molecule has 112 valence electrons. The fourth-order valence-corrected chi connectivity index (χ4v) is 2.70. The third-order valence-corrected chi connectivity index (χ3v) is 3.73. The number of hydrogen-bond donors (Lipinski definition) is 1. The summed E-state index contributed by atoms with van der Waals surface area (Å²) in [6.07, 6.45) is 0. The lowest BCUT2D eigenvalue weighted by Gasteiger charge is -2.29. The Bertz CT molecular complexity index is 659. The Morgan fingerprint density at radius 2 is 1.90 bits per heavy atom. The van der Waals surface area contributed by atoms with E-state index in [1.54, 1.807) is 20.3 Å². The molecular formula is C14H17ClN4O2. The van der Waals surface area contributed by atoms with E-state index in [2.05, 4.69) is 20.2 Å². The third-order valence-electron chi connectivity index (χ3n) is 3.51. The highest BCUT2D eigenvalue weighted by molar-refractivity contribution is 6.31. The van der Waals surface area contributed by atoms with Crippen LogP contribution in [0.1, 0.15) is 0 Å². The highest BCUT2D eigenvalue weighted by atomic mass is 35.5. The van der Waals surface area contributed by atoms with Gasteiger partial charge in [-0.15, -0.1) is 0 Å². The minimum atomic E-state index is 0.330. The molecule has 1 saturated heterocycles. The summed E-state index contributed by atoms with van der Waals surface area (Å²) in [5.74, 6) is 1.45. The quantitative estimate of drug-likeness (QED) is 0.931. The number of anilines is 1. The van der Waals surface area contributed by atoms with Crippen molar-refractivity contribution < 1.29 is 9.47 Å². The van der Waals surface area contributed by atoms with Crippen LogP contribution in [0.4, 0.5) is 5.82 Å². The van der Waals surface area contributed by atoms with Crippen LogP contribution in [0.3, 0.4) is 0 Å². The first-order valence-electron chi connectivity index (χ1n) is 6.78. The van der Waals surface area contributed by atoms with Gasteiger partial charge in [-0.05, 0) is 6.07 Å². The van der Waals surface area contributed by atoms with Gasteiger partial charge in [-0.25, -0.2) is 0 Å². The minimum Gasteiger partial charge on any atom is -0.494 e. The van der Waals surface area contributed by atoms with Gasteiger partial charge in [0.05, 0.1) is 14.2 Å². The van der Waals surface area contributed by atoms with Crippen molar-refractivity contribution in [1.29, 1.82) is 0 Å². The first kappa shape index (κ1) is 14.2. The molecule has 0 spiro atoms. The molecule has 6 nitrogen and oxygen atoms in total. The van der Waals surface area contributed by atoms with E-state index in [0.29, 0.717) is 22.3 Å². The number of piperazine rings is 1. The summed E-state index contributed by atoms with van der Waals surface area (Å²) in [4.78, 5) is 11.1. The van der Waals surface area contributed by atoms with Crippen LogP contribution in [0.5, 0.6) is 11.8 Å². The number of rotatable bonds is 3. The number of fused-ring (bicyclic) bond motifs is 1. The average molecular weight is 309 g/mol. The van der Waals surface area contributed by atoms with E-state index in [1.165, 1.54) is 0 Å². The minimum absolute atomic E-state index is 0.330. The molecule has 2 aromatic rings. The Kier molecular flexibility index (Phi) is 3.98. The van der Waals surface area contributed by atoms with E-state index in [0.717, 1.165) is 37.4 Å². The van der Waals surface area contributed by atoms with Crippen molar-refractivity contribution in [3.63, 3.8) is 0 Å². The van der Waals surface area contributed by atoms with Gasteiger partial charge in [-0.3, -0.25) is 0 Å². The molecule has 0 atom stereocenters. The molecule has 0 bridgehead atoms. The maximum atomic E-state index is 6.19. The van der Waals surface area contributed by atoms with Crippen molar-refractivity contribution in [2.45, 2.75) is 0 Å². The third kappa shape index (κ3) is 2.69. The lowest BCUT2D eigenvalue weighted by atomic mass is 10.2. The molecule has 1 aromatic carbocycles. The molecule has 3 rings (SSSR count). The molecular weight excluding hydrogens is 292 g/mol. The molecule has 7 heteroatoms. The van der Waals surface area contributed by atoms with Crippen LogP contribution < -0.4 is 19.7 Å². The van der Waals surface area contributed by atoms with E-state index in [9.17, 15) is 0 Å². The van der Waals surface area contributed by atoms with E-state index in [4.69, 9.17) is 21.1 Å². The molecule has 0 saturated carbocycles. The SMILES string of the molecule is COc1nc(N2CCNCC2)c2cc(Cl)cc(OC)c2n1. The predicted molar refractivity (Wildman–Crippen MR) is 82.7 cm³/mol. The van der Waals surface area contributed by atoms with Gasteiger partial charge in [0, 0.05) is 42.7 Å². The largest absolute Gasteiger partial charge is 0.494 e. The predicted octanol–water partition coefficient (Wildman–Crippen LogP) is 1.71. The maximum Gasteiger partial charge on any atom is 0.318 e. The van der Waals surface area contributed by atoms with Crippen LogP contribution in [-0.2, 0) is 0 Å². The first-order chi connectivity index (χ1) is 10.2. The molecule has 0 unspecified atom stereocenters. The molecule has 1 N–H and O–H groups in total. The highest BCUT2D eigenvalue weighted by Gasteiger charge is 2.19. The number of ether oxygens (including phenoxy) is 2. The van der Waals surface area contributed by atoms with E-state index in [-0.39, 0.29) is 0 Å². The van der Waals surface area contributed by atoms with Gasteiger partial charge in [-0.1, -0.05) is 11.6 Å². The van der Waals surface area contributed by atoms with Crippen molar-refractivity contribution in [3.05, 3.63) is 17.2 Å². The molecule has 1 aliphatic heterocycles. The number of hydrogen-bond acceptors (Lipinski definition) is 6. The molecule has 1 fully saturated rings. The van der Waals surface area contributed by atoms with Crippen LogP contribution in [0, 0.1) is 0 Å². The van der Waals surface area contributed by atoms with Crippen LogP contribution >= 0.6 is 11.6 Å². The molecule has 0 amide bonds. The van der Waals surface area contributed by atoms with E-state index in [1.807, 2.05) is 6.07 Å². The fourth-order valence-electron chi connectivity index (χ4n) is 2.50. The van der Waals surface area contributed by atoms with Gasteiger partial charge in [-0.2, -0.15) is 9.97 Å². The molecule has 0 aliphatic carbocycles. The molecule has 0 radical (unpaired) electrons. The number of nitrogens with one attached hydrogen (secondary N) is 1. The lowest BCUT2D eigenvalue weighted by molar-refractivity contribution is 0.379.